The zero-order valence-electron chi connectivity index (χ0n) is 7.84. The minimum Gasteiger partial charge on any atom is -0.633 e. The lowest BCUT2D eigenvalue weighted by molar-refractivity contribution is -0.914. The van der Waals surface area contributed by atoms with Gasteiger partial charge in [-0.05, 0) is 32.6 Å². The Balaban J connectivity index is 2.64. The zero-order chi connectivity index (χ0) is 8.48. The Morgan fingerprint density at radius 3 is 2.55 bits per heavy atom. The summed E-state index contributed by atoms with van der Waals surface area (Å²) >= 11 is 0. The van der Waals surface area contributed by atoms with E-state index in [4.69, 9.17) is 0 Å². The van der Waals surface area contributed by atoms with E-state index in [0.29, 0.717) is 12.1 Å². The van der Waals surface area contributed by atoms with Gasteiger partial charge in [0.05, 0.1) is 19.1 Å². The van der Waals surface area contributed by atoms with Crippen LogP contribution in [0.15, 0.2) is 0 Å². The Morgan fingerprint density at radius 1 is 1.45 bits per heavy atom. The van der Waals surface area contributed by atoms with Crippen LogP contribution in [0.1, 0.15) is 39.5 Å². The van der Waals surface area contributed by atoms with Crippen molar-refractivity contribution in [2.45, 2.75) is 51.6 Å². The van der Waals surface area contributed by atoms with Crippen molar-refractivity contribution in [2.75, 3.05) is 7.05 Å². The molecule has 1 aliphatic rings. The maximum absolute atomic E-state index is 12.0. The van der Waals surface area contributed by atoms with Crippen molar-refractivity contribution in [3.05, 3.63) is 5.21 Å². The highest BCUT2D eigenvalue weighted by Crippen LogP contribution is 2.29. The molecule has 1 fully saturated rings. The van der Waals surface area contributed by atoms with Gasteiger partial charge in [0.15, 0.2) is 0 Å². The molecule has 2 nitrogen and oxygen atoms in total. The molecule has 0 spiro atoms. The molecule has 11 heavy (non-hydrogen) atoms. The number of hydroxylamine groups is 3. The Hall–Kier alpha value is -0.0800. The summed E-state index contributed by atoms with van der Waals surface area (Å²) < 4.78 is -0.00347. The summed E-state index contributed by atoms with van der Waals surface area (Å²) in [6.07, 6.45) is 4.51. The fourth-order valence-electron chi connectivity index (χ4n) is 2.09. The molecule has 66 valence electrons. The van der Waals surface area contributed by atoms with Crippen LogP contribution in [0.4, 0.5) is 0 Å². The average Bonchev–Trinajstić information content (AvgIpc) is 1.95. The van der Waals surface area contributed by atoms with Gasteiger partial charge in [0.25, 0.3) is 0 Å². The van der Waals surface area contributed by atoms with Crippen molar-refractivity contribution in [2.24, 2.45) is 0 Å². The van der Waals surface area contributed by atoms with Crippen molar-refractivity contribution in [1.29, 1.82) is 0 Å². The zero-order valence-corrected chi connectivity index (χ0v) is 7.84. The average molecular weight is 157 g/mol. The van der Waals surface area contributed by atoms with E-state index in [1.165, 1.54) is 6.42 Å². The van der Waals surface area contributed by atoms with Crippen LogP contribution in [0.25, 0.3) is 0 Å². The molecule has 0 aromatic heterocycles. The summed E-state index contributed by atoms with van der Waals surface area (Å²) in [5.74, 6) is 0. The highest BCUT2D eigenvalue weighted by atomic mass is 16.5. The standard InChI is InChI=1S/C9H19NO/c1-4-9-7-5-6-8(2)10(9,3)11/h8-9H,4-7H2,1-3H3/t8-,9+,10+/m1/s1. The third kappa shape index (κ3) is 1.57. The van der Waals surface area contributed by atoms with E-state index in [0.717, 1.165) is 19.3 Å². The molecule has 0 saturated carbocycles. The van der Waals surface area contributed by atoms with Crippen LogP contribution in [0, 0.1) is 5.21 Å². The van der Waals surface area contributed by atoms with Crippen LogP contribution in [0.5, 0.6) is 0 Å². The number of likely N-dealkylation sites (tertiary alicyclic amines) is 1. The van der Waals surface area contributed by atoms with Crippen LogP contribution in [-0.4, -0.2) is 23.8 Å². The van der Waals surface area contributed by atoms with Crippen molar-refractivity contribution in [1.82, 2.24) is 0 Å². The molecule has 0 aromatic rings. The van der Waals surface area contributed by atoms with Gasteiger partial charge in [0, 0.05) is 0 Å². The summed E-state index contributed by atoms with van der Waals surface area (Å²) in [6, 6.07) is 0.674. The van der Waals surface area contributed by atoms with Crippen LogP contribution < -0.4 is 0 Å². The van der Waals surface area contributed by atoms with Gasteiger partial charge < -0.3 is 9.85 Å². The van der Waals surface area contributed by atoms with Crippen LogP contribution in [0.3, 0.4) is 0 Å². The van der Waals surface area contributed by atoms with E-state index < -0.39 is 0 Å². The minimum absolute atomic E-state index is 0.00347. The highest BCUT2D eigenvalue weighted by molar-refractivity contribution is 4.69. The third-order valence-electron chi connectivity index (χ3n) is 3.23. The normalized spacial score (nSPS) is 45.8. The van der Waals surface area contributed by atoms with Gasteiger partial charge in [-0.1, -0.05) is 6.92 Å². The summed E-state index contributed by atoms with van der Waals surface area (Å²) in [5, 5.41) is 12.0. The third-order valence-corrected chi connectivity index (χ3v) is 3.23. The van der Waals surface area contributed by atoms with Gasteiger partial charge in [-0.25, -0.2) is 0 Å². The second-order valence-corrected chi connectivity index (χ2v) is 3.90. The number of nitrogens with zero attached hydrogens (tertiary/aromatic N) is 1. The molecule has 0 unspecified atom stereocenters. The maximum Gasteiger partial charge on any atom is 0.0884 e. The maximum atomic E-state index is 12.0. The second kappa shape index (κ2) is 3.11. The lowest BCUT2D eigenvalue weighted by Crippen LogP contribution is -2.55. The van der Waals surface area contributed by atoms with Crippen molar-refractivity contribution in [3.8, 4) is 0 Å². The van der Waals surface area contributed by atoms with Gasteiger partial charge in [-0.2, -0.15) is 0 Å². The number of quaternary nitrogens is 1. The molecule has 1 aliphatic heterocycles. The Labute approximate surface area is 69.4 Å². The molecule has 1 rings (SSSR count). The van der Waals surface area contributed by atoms with Crippen LogP contribution in [-0.2, 0) is 0 Å². The predicted molar refractivity (Wildman–Crippen MR) is 46.9 cm³/mol. The molecule has 1 saturated heterocycles. The molecule has 0 N–H and O–H groups in total. The van der Waals surface area contributed by atoms with Crippen LogP contribution >= 0.6 is 0 Å². The van der Waals surface area contributed by atoms with Crippen molar-refractivity contribution >= 4 is 0 Å². The lowest BCUT2D eigenvalue weighted by Gasteiger charge is -2.52. The molecule has 1 heterocycles. The first kappa shape index (κ1) is 9.01. The predicted octanol–water partition coefficient (Wildman–Crippen LogP) is 2.28. The Morgan fingerprint density at radius 2 is 2.09 bits per heavy atom. The summed E-state index contributed by atoms with van der Waals surface area (Å²) in [4.78, 5) is 0. The largest absolute Gasteiger partial charge is 0.633 e. The number of hydrogen-bond acceptors (Lipinski definition) is 1. The molecule has 0 aromatic carbocycles. The van der Waals surface area contributed by atoms with E-state index in [1.54, 1.807) is 0 Å². The summed E-state index contributed by atoms with van der Waals surface area (Å²) in [7, 11) is 1.83. The smallest absolute Gasteiger partial charge is 0.0884 e. The Kier molecular flexibility index (Phi) is 2.55. The summed E-state index contributed by atoms with van der Waals surface area (Å²) in [6.45, 7) is 4.20. The van der Waals surface area contributed by atoms with E-state index in [-0.39, 0.29) is 4.65 Å². The molecular weight excluding hydrogens is 138 g/mol. The lowest BCUT2D eigenvalue weighted by atomic mass is 9.95. The van der Waals surface area contributed by atoms with Gasteiger partial charge in [0.2, 0.25) is 0 Å². The first-order chi connectivity index (χ1) is 5.09. The van der Waals surface area contributed by atoms with E-state index in [2.05, 4.69) is 13.8 Å². The van der Waals surface area contributed by atoms with E-state index >= 15 is 0 Å². The Bertz CT molecular complexity index is 134. The fraction of sp³-hybridized carbons (Fsp3) is 1.00. The topological polar surface area (TPSA) is 23.1 Å². The van der Waals surface area contributed by atoms with E-state index in [9.17, 15) is 5.21 Å². The molecule has 3 atom stereocenters. The number of piperidine rings is 1. The van der Waals surface area contributed by atoms with Crippen LogP contribution in [0.2, 0.25) is 0 Å². The van der Waals surface area contributed by atoms with Crippen molar-refractivity contribution in [3.63, 3.8) is 0 Å². The molecule has 0 bridgehead atoms. The van der Waals surface area contributed by atoms with E-state index in [1.807, 2.05) is 7.05 Å². The quantitative estimate of drug-likeness (QED) is 0.423. The van der Waals surface area contributed by atoms with Gasteiger partial charge >= 0.3 is 0 Å². The monoisotopic (exact) mass is 157 g/mol. The molecule has 0 aliphatic carbocycles. The van der Waals surface area contributed by atoms with Gasteiger partial charge in [-0.3, -0.25) is 0 Å². The SMILES string of the molecule is CC[C@H]1CCC[C@@H](C)[N@+]1(C)[O-]. The molecule has 2 heteroatoms. The molecule has 0 radical (unpaired) electrons. The number of rotatable bonds is 1. The van der Waals surface area contributed by atoms with Crippen molar-refractivity contribution < 1.29 is 4.65 Å². The fourth-order valence-corrected chi connectivity index (χ4v) is 2.09. The first-order valence-corrected chi connectivity index (χ1v) is 4.66. The summed E-state index contributed by atoms with van der Waals surface area (Å²) in [5.41, 5.74) is 0. The second-order valence-electron chi connectivity index (χ2n) is 3.90. The molecule has 0 amide bonds. The number of hydrogen-bond donors (Lipinski definition) is 0. The van der Waals surface area contributed by atoms with Gasteiger partial charge in [0.1, 0.15) is 0 Å². The highest BCUT2D eigenvalue weighted by Gasteiger charge is 2.32. The first-order valence-electron chi connectivity index (χ1n) is 4.66. The molecular formula is C9H19NO. The minimum atomic E-state index is -0.00347. The van der Waals surface area contributed by atoms with Gasteiger partial charge in [-0.15, -0.1) is 0 Å².